The van der Waals surface area contributed by atoms with Crippen molar-refractivity contribution in [3.63, 3.8) is 0 Å². The topological polar surface area (TPSA) is 108 Å². The number of nitrogens with one attached hydrogen (secondary N) is 2. The van der Waals surface area contributed by atoms with Crippen molar-refractivity contribution in [3.05, 3.63) is 20.8 Å². The molecule has 0 aliphatic rings. The summed E-state index contributed by atoms with van der Waals surface area (Å²) < 4.78 is 4.48. The van der Waals surface area contributed by atoms with Gasteiger partial charge in [-0.2, -0.15) is 0 Å². The van der Waals surface area contributed by atoms with E-state index < -0.39 is 17.2 Å². The maximum Gasteiger partial charge on any atom is 0.342 e. The summed E-state index contributed by atoms with van der Waals surface area (Å²) in [4.78, 5) is 36.6. The van der Waals surface area contributed by atoms with Crippen LogP contribution in [-0.4, -0.2) is 41.3 Å². The van der Waals surface area contributed by atoms with Crippen LogP contribution in [0.15, 0.2) is 9.59 Å². The first-order chi connectivity index (χ1) is 7.58. The number of hydrogen-bond acceptors (Lipinski definition) is 6. The number of hydrogen-bond donors (Lipinski definition) is 2. The van der Waals surface area contributed by atoms with Gasteiger partial charge in [0.25, 0.3) is 5.56 Å². The second-order valence-corrected chi connectivity index (χ2v) is 2.92. The number of methoxy groups -OCH3 is 1. The lowest BCUT2D eigenvalue weighted by atomic mass is 10.4. The van der Waals surface area contributed by atoms with Crippen molar-refractivity contribution < 1.29 is 9.53 Å². The van der Waals surface area contributed by atoms with E-state index in [0.717, 1.165) is 0 Å². The Hall–Kier alpha value is -2.12. The maximum absolute atomic E-state index is 11.4. The van der Waals surface area contributed by atoms with E-state index >= 15 is 0 Å². The van der Waals surface area contributed by atoms with Crippen molar-refractivity contribution in [1.82, 2.24) is 15.2 Å². The molecule has 0 fully saturated rings. The molecule has 16 heavy (non-hydrogen) atoms. The highest BCUT2D eigenvalue weighted by Crippen LogP contribution is 1.99. The van der Waals surface area contributed by atoms with E-state index in [1.807, 2.05) is 4.98 Å². The second-order valence-electron chi connectivity index (χ2n) is 2.92. The minimum Gasteiger partial charge on any atom is -0.468 e. The Morgan fingerprint density at radius 3 is 2.69 bits per heavy atom. The van der Waals surface area contributed by atoms with Gasteiger partial charge in [-0.25, -0.2) is 9.89 Å². The quantitative estimate of drug-likeness (QED) is 0.604. The fourth-order valence-electron chi connectivity index (χ4n) is 1.11. The number of ether oxygens (including phenoxy) is 1. The van der Waals surface area contributed by atoms with Crippen LogP contribution in [0.1, 0.15) is 6.92 Å². The van der Waals surface area contributed by atoms with Crippen LogP contribution >= 0.6 is 0 Å². The molecule has 0 unspecified atom stereocenters. The Kier molecular flexibility index (Phi) is 3.81. The molecule has 0 saturated heterocycles. The minimum absolute atomic E-state index is 0.0208. The monoisotopic (exact) mass is 228 g/mol. The Bertz CT molecular complexity index is 477. The fraction of sp³-hybridized carbons (Fsp3) is 0.500. The third-order valence-corrected chi connectivity index (χ3v) is 1.92. The van der Waals surface area contributed by atoms with Crippen molar-refractivity contribution >= 4 is 11.8 Å². The highest BCUT2D eigenvalue weighted by Gasteiger charge is 2.14. The normalized spacial score (nSPS) is 9.88. The van der Waals surface area contributed by atoms with Crippen LogP contribution in [-0.2, 0) is 9.53 Å². The molecule has 0 saturated carbocycles. The largest absolute Gasteiger partial charge is 0.468 e. The van der Waals surface area contributed by atoms with Gasteiger partial charge in [-0.15, -0.1) is 5.10 Å². The number of carbonyl (C=O) groups excluding carboxylic acids is 1. The first-order valence-corrected chi connectivity index (χ1v) is 4.59. The van der Waals surface area contributed by atoms with E-state index in [0.29, 0.717) is 6.54 Å². The van der Waals surface area contributed by atoms with Crippen molar-refractivity contribution in [2.24, 2.45) is 0 Å². The molecule has 0 spiro atoms. The summed E-state index contributed by atoms with van der Waals surface area (Å²) in [6.45, 7) is 2.03. The van der Waals surface area contributed by atoms with Crippen LogP contribution in [0.5, 0.6) is 0 Å². The average Bonchev–Trinajstić information content (AvgIpc) is 2.26. The van der Waals surface area contributed by atoms with E-state index in [1.165, 1.54) is 12.0 Å². The summed E-state index contributed by atoms with van der Waals surface area (Å²) in [5.74, 6) is -0.512. The van der Waals surface area contributed by atoms with Crippen LogP contribution in [0, 0.1) is 0 Å². The van der Waals surface area contributed by atoms with Gasteiger partial charge in [0.1, 0.15) is 6.54 Å². The third-order valence-electron chi connectivity index (χ3n) is 1.92. The molecule has 1 rings (SSSR count). The fourth-order valence-corrected chi connectivity index (χ4v) is 1.11. The van der Waals surface area contributed by atoms with Gasteiger partial charge in [-0.05, 0) is 6.92 Å². The highest BCUT2D eigenvalue weighted by molar-refractivity contribution is 5.74. The number of H-pyrrole nitrogens is 2. The molecule has 1 aromatic rings. The summed E-state index contributed by atoms with van der Waals surface area (Å²) in [6.07, 6.45) is 0. The smallest absolute Gasteiger partial charge is 0.342 e. The minimum atomic E-state index is -0.692. The number of esters is 1. The Morgan fingerprint density at radius 1 is 1.50 bits per heavy atom. The van der Waals surface area contributed by atoms with E-state index in [9.17, 15) is 14.4 Å². The predicted molar refractivity (Wildman–Crippen MR) is 55.4 cm³/mol. The number of carbonyl (C=O) groups is 1. The Morgan fingerprint density at radius 2 is 2.19 bits per heavy atom. The molecular formula is C8H12N4O4. The summed E-state index contributed by atoms with van der Waals surface area (Å²) in [7, 11) is 1.25. The number of anilines is 1. The molecule has 1 heterocycles. The Balaban J connectivity index is 3.00. The molecule has 2 N–H and O–H groups in total. The molecule has 0 aliphatic heterocycles. The van der Waals surface area contributed by atoms with Crippen LogP contribution in [0.25, 0.3) is 0 Å². The maximum atomic E-state index is 11.4. The van der Waals surface area contributed by atoms with Gasteiger partial charge in [0.2, 0.25) is 5.82 Å². The number of nitrogens with zero attached hydrogens (tertiary/aromatic N) is 2. The number of rotatable bonds is 4. The summed E-state index contributed by atoms with van der Waals surface area (Å²) >= 11 is 0. The molecule has 0 amide bonds. The van der Waals surface area contributed by atoms with Crippen LogP contribution in [0.3, 0.4) is 0 Å². The summed E-state index contributed by atoms with van der Waals surface area (Å²) in [6, 6.07) is 0. The van der Waals surface area contributed by atoms with Gasteiger partial charge in [-0.3, -0.25) is 14.6 Å². The van der Waals surface area contributed by atoms with E-state index in [1.54, 1.807) is 6.92 Å². The Labute approximate surface area is 90.2 Å². The van der Waals surface area contributed by atoms with Crippen LogP contribution in [0.2, 0.25) is 0 Å². The molecule has 0 atom stereocenters. The van der Waals surface area contributed by atoms with Crippen molar-refractivity contribution in [1.29, 1.82) is 0 Å². The zero-order valence-corrected chi connectivity index (χ0v) is 8.94. The first-order valence-electron chi connectivity index (χ1n) is 4.59. The number of aromatic amines is 2. The lowest BCUT2D eigenvalue weighted by molar-refractivity contribution is -0.138. The molecular weight excluding hydrogens is 216 g/mol. The molecule has 88 valence electrons. The lowest BCUT2D eigenvalue weighted by Crippen LogP contribution is -2.38. The van der Waals surface area contributed by atoms with Gasteiger partial charge in [-0.1, -0.05) is 0 Å². The van der Waals surface area contributed by atoms with Gasteiger partial charge in [0, 0.05) is 6.54 Å². The van der Waals surface area contributed by atoms with Gasteiger partial charge < -0.3 is 9.64 Å². The van der Waals surface area contributed by atoms with E-state index in [2.05, 4.69) is 14.9 Å². The zero-order valence-electron chi connectivity index (χ0n) is 8.94. The van der Waals surface area contributed by atoms with Gasteiger partial charge >= 0.3 is 11.7 Å². The van der Waals surface area contributed by atoms with Crippen molar-refractivity contribution in [2.75, 3.05) is 25.1 Å². The molecule has 0 bridgehead atoms. The first kappa shape index (κ1) is 12.0. The van der Waals surface area contributed by atoms with Gasteiger partial charge in [0.05, 0.1) is 7.11 Å². The number of likely N-dealkylation sites (N-methyl/N-ethyl adjacent to an activating group) is 1. The van der Waals surface area contributed by atoms with E-state index in [4.69, 9.17) is 0 Å². The van der Waals surface area contributed by atoms with E-state index in [-0.39, 0.29) is 12.4 Å². The van der Waals surface area contributed by atoms with Crippen LogP contribution < -0.4 is 16.1 Å². The standard InChI is InChI=1S/C8H12N4O4/c1-3-12(4-5(13)16-2)6-7(14)9-8(15)11-10-6/h3-4H2,1-2H3,(H2,9,11,14,15). The molecule has 8 heteroatoms. The van der Waals surface area contributed by atoms with Crippen LogP contribution in [0.4, 0.5) is 5.82 Å². The molecule has 8 nitrogen and oxygen atoms in total. The van der Waals surface area contributed by atoms with Crippen molar-refractivity contribution in [2.45, 2.75) is 6.92 Å². The highest BCUT2D eigenvalue weighted by atomic mass is 16.5. The predicted octanol–water partition coefficient (Wildman–Crippen LogP) is -1.54. The molecule has 0 aromatic carbocycles. The lowest BCUT2D eigenvalue weighted by Gasteiger charge is -2.18. The SMILES string of the molecule is CCN(CC(=O)OC)c1n[nH]c(=O)[nH]c1=O. The molecule has 1 aromatic heterocycles. The second kappa shape index (κ2) is 5.10. The third kappa shape index (κ3) is 2.69. The molecule has 0 aliphatic carbocycles. The molecule has 0 radical (unpaired) electrons. The van der Waals surface area contributed by atoms with Gasteiger partial charge in [0.15, 0.2) is 0 Å². The summed E-state index contributed by atoms with van der Waals surface area (Å²) in [5, 5.41) is 5.67. The van der Waals surface area contributed by atoms with Crippen molar-refractivity contribution in [3.8, 4) is 0 Å². The average molecular weight is 228 g/mol. The zero-order chi connectivity index (χ0) is 12.1. The summed E-state index contributed by atoms with van der Waals surface area (Å²) in [5.41, 5.74) is -1.34. The number of aromatic nitrogens is 3.